The highest BCUT2D eigenvalue weighted by atomic mass is 16.4. The summed E-state index contributed by atoms with van der Waals surface area (Å²) in [6.07, 6.45) is 4.51. The lowest BCUT2D eigenvalue weighted by molar-refractivity contribution is 0.228. The number of oxime groups is 1. The fourth-order valence-electron chi connectivity index (χ4n) is 2.14. The smallest absolute Gasteiger partial charge is 0.0624 e. The molecule has 1 N–H and O–H groups in total. The van der Waals surface area contributed by atoms with Crippen LogP contribution in [-0.2, 0) is 6.54 Å². The molecule has 0 radical (unpaired) electrons. The third kappa shape index (κ3) is 2.58. The van der Waals surface area contributed by atoms with Gasteiger partial charge in [0, 0.05) is 44.4 Å². The molecule has 1 fully saturated rings. The Morgan fingerprint density at radius 2 is 2.25 bits per heavy atom. The van der Waals surface area contributed by atoms with Crippen LogP contribution in [0.5, 0.6) is 0 Å². The van der Waals surface area contributed by atoms with Crippen molar-refractivity contribution in [2.75, 3.05) is 13.1 Å². The lowest BCUT2D eigenvalue weighted by Gasteiger charge is -2.31. The monoisotopic (exact) mass is 219 g/mol. The van der Waals surface area contributed by atoms with Crippen LogP contribution in [0.3, 0.4) is 0 Å². The maximum absolute atomic E-state index is 8.80. The Bertz CT molecular complexity index is 364. The van der Waals surface area contributed by atoms with Crippen molar-refractivity contribution in [2.24, 2.45) is 11.1 Å². The Kier molecular flexibility index (Phi) is 3.51. The minimum absolute atomic E-state index is 0.348. The molecule has 2 rings (SSSR count). The Morgan fingerprint density at radius 1 is 1.50 bits per heavy atom. The van der Waals surface area contributed by atoms with Gasteiger partial charge in [-0.1, -0.05) is 12.1 Å². The lowest BCUT2D eigenvalue weighted by Crippen LogP contribution is -2.39. The van der Waals surface area contributed by atoms with Crippen LogP contribution in [-0.4, -0.2) is 33.9 Å². The van der Waals surface area contributed by atoms with E-state index in [-0.39, 0.29) is 0 Å². The predicted molar refractivity (Wildman–Crippen MR) is 62.5 cm³/mol. The van der Waals surface area contributed by atoms with Crippen molar-refractivity contribution in [3.63, 3.8) is 0 Å². The molecule has 1 atom stereocenters. The van der Waals surface area contributed by atoms with E-state index in [0.29, 0.717) is 5.92 Å². The van der Waals surface area contributed by atoms with Crippen molar-refractivity contribution < 1.29 is 5.21 Å². The highest BCUT2D eigenvalue weighted by Gasteiger charge is 2.22. The third-order valence-corrected chi connectivity index (χ3v) is 3.07. The number of nitrogens with zero attached hydrogens (tertiary/aromatic N) is 3. The quantitative estimate of drug-likeness (QED) is 0.609. The fourth-order valence-corrected chi connectivity index (χ4v) is 2.14. The number of rotatable bonds is 2. The van der Waals surface area contributed by atoms with Gasteiger partial charge in [0.1, 0.15) is 0 Å². The van der Waals surface area contributed by atoms with Crippen LogP contribution in [0, 0.1) is 5.92 Å². The van der Waals surface area contributed by atoms with E-state index in [1.807, 2.05) is 24.5 Å². The van der Waals surface area contributed by atoms with Gasteiger partial charge in [-0.15, -0.1) is 0 Å². The van der Waals surface area contributed by atoms with E-state index in [1.54, 1.807) is 0 Å². The van der Waals surface area contributed by atoms with Crippen LogP contribution in [0.4, 0.5) is 0 Å². The molecule has 2 heterocycles. The Morgan fingerprint density at radius 3 is 2.88 bits per heavy atom. The molecule has 1 aliphatic rings. The molecule has 0 aliphatic carbocycles. The number of hydrogen-bond donors (Lipinski definition) is 1. The van der Waals surface area contributed by atoms with Gasteiger partial charge in [0.15, 0.2) is 0 Å². The first kappa shape index (κ1) is 11.1. The van der Waals surface area contributed by atoms with Gasteiger partial charge < -0.3 is 5.21 Å². The highest BCUT2D eigenvalue weighted by molar-refractivity contribution is 5.86. The van der Waals surface area contributed by atoms with E-state index >= 15 is 0 Å². The van der Waals surface area contributed by atoms with E-state index in [0.717, 1.165) is 31.8 Å². The average Bonchev–Trinajstić information content (AvgIpc) is 2.31. The molecule has 86 valence electrons. The van der Waals surface area contributed by atoms with Crippen molar-refractivity contribution in [1.29, 1.82) is 0 Å². The molecule has 4 heteroatoms. The summed E-state index contributed by atoms with van der Waals surface area (Å²) in [4.78, 5) is 6.39. The van der Waals surface area contributed by atoms with Crippen molar-refractivity contribution in [3.8, 4) is 0 Å². The van der Waals surface area contributed by atoms with Gasteiger partial charge in [0.25, 0.3) is 0 Å². The number of hydrogen-bond acceptors (Lipinski definition) is 4. The summed E-state index contributed by atoms with van der Waals surface area (Å²) in [5, 5.41) is 12.1. The zero-order chi connectivity index (χ0) is 11.4. The SMILES string of the molecule is CC1CN(Cc2ccncc2)CC/C1=N\O. The van der Waals surface area contributed by atoms with Gasteiger partial charge in [-0.3, -0.25) is 9.88 Å². The van der Waals surface area contributed by atoms with Crippen LogP contribution in [0.25, 0.3) is 0 Å². The number of aromatic nitrogens is 1. The van der Waals surface area contributed by atoms with Crippen LogP contribution < -0.4 is 0 Å². The van der Waals surface area contributed by atoms with Gasteiger partial charge >= 0.3 is 0 Å². The third-order valence-electron chi connectivity index (χ3n) is 3.07. The van der Waals surface area contributed by atoms with Crippen molar-refractivity contribution >= 4 is 5.71 Å². The normalized spacial score (nSPS) is 24.8. The van der Waals surface area contributed by atoms with E-state index in [4.69, 9.17) is 5.21 Å². The molecular formula is C12H17N3O. The second kappa shape index (κ2) is 5.07. The van der Waals surface area contributed by atoms with Crippen LogP contribution >= 0.6 is 0 Å². The molecule has 0 aromatic carbocycles. The molecule has 1 saturated heterocycles. The summed E-state index contributed by atoms with van der Waals surface area (Å²) in [6.45, 7) is 4.98. The molecule has 1 aliphatic heterocycles. The minimum atomic E-state index is 0.348. The summed E-state index contributed by atoms with van der Waals surface area (Å²) in [5.74, 6) is 0.348. The molecule has 1 aromatic rings. The van der Waals surface area contributed by atoms with E-state index in [2.05, 4.69) is 22.0 Å². The van der Waals surface area contributed by atoms with Crippen molar-refractivity contribution in [2.45, 2.75) is 19.9 Å². The first-order chi connectivity index (χ1) is 7.79. The second-order valence-electron chi connectivity index (χ2n) is 4.33. The first-order valence-electron chi connectivity index (χ1n) is 5.61. The minimum Gasteiger partial charge on any atom is -0.411 e. The van der Waals surface area contributed by atoms with Crippen molar-refractivity contribution in [1.82, 2.24) is 9.88 Å². The summed E-state index contributed by atoms with van der Waals surface area (Å²) in [7, 11) is 0. The maximum atomic E-state index is 8.80. The first-order valence-corrected chi connectivity index (χ1v) is 5.61. The summed E-state index contributed by atoms with van der Waals surface area (Å²) in [5.41, 5.74) is 2.21. The highest BCUT2D eigenvalue weighted by Crippen LogP contribution is 2.15. The topological polar surface area (TPSA) is 48.7 Å². The molecular weight excluding hydrogens is 202 g/mol. The van der Waals surface area contributed by atoms with Gasteiger partial charge in [0.2, 0.25) is 0 Å². The average molecular weight is 219 g/mol. The zero-order valence-electron chi connectivity index (χ0n) is 9.50. The molecule has 0 amide bonds. The summed E-state index contributed by atoms with van der Waals surface area (Å²) < 4.78 is 0. The van der Waals surface area contributed by atoms with E-state index < -0.39 is 0 Å². The van der Waals surface area contributed by atoms with E-state index in [1.165, 1.54) is 5.56 Å². The molecule has 1 unspecified atom stereocenters. The van der Waals surface area contributed by atoms with Gasteiger partial charge in [0.05, 0.1) is 5.71 Å². The molecule has 4 nitrogen and oxygen atoms in total. The van der Waals surface area contributed by atoms with Gasteiger partial charge in [-0.05, 0) is 17.7 Å². The summed E-state index contributed by atoms with van der Waals surface area (Å²) in [6, 6.07) is 4.08. The number of likely N-dealkylation sites (tertiary alicyclic amines) is 1. The van der Waals surface area contributed by atoms with Crippen molar-refractivity contribution in [3.05, 3.63) is 30.1 Å². The predicted octanol–water partition coefficient (Wildman–Crippen LogP) is 1.75. The Hall–Kier alpha value is -1.42. The second-order valence-corrected chi connectivity index (χ2v) is 4.33. The van der Waals surface area contributed by atoms with Crippen LogP contribution in [0.1, 0.15) is 18.9 Å². The van der Waals surface area contributed by atoms with Crippen LogP contribution in [0.2, 0.25) is 0 Å². The largest absolute Gasteiger partial charge is 0.411 e. The Balaban J connectivity index is 1.94. The van der Waals surface area contributed by atoms with Gasteiger partial charge in [-0.2, -0.15) is 0 Å². The zero-order valence-corrected chi connectivity index (χ0v) is 9.50. The number of pyridine rings is 1. The lowest BCUT2D eigenvalue weighted by atomic mass is 9.97. The fraction of sp³-hybridized carbons (Fsp3) is 0.500. The Labute approximate surface area is 95.6 Å². The molecule has 0 saturated carbocycles. The summed E-state index contributed by atoms with van der Waals surface area (Å²) >= 11 is 0. The molecule has 16 heavy (non-hydrogen) atoms. The number of piperidine rings is 1. The van der Waals surface area contributed by atoms with Crippen LogP contribution in [0.15, 0.2) is 29.7 Å². The molecule has 1 aromatic heterocycles. The molecule has 0 spiro atoms. The van der Waals surface area contributed by atoms with Gasteiger partial charge in [-0.25, -0.2) is 0 Å². The maximum Gasteiger partial charge on any atom is 0.0624 e. The molecule has 0 bridgehead atoms. The standard InChI is InChI=1S/C12H17N3O/c1-10-8-15(7-4-12(10)14-16)9-11-2-5-13-6-3-11/h2-3,5-6,10,16H,4,7-9H2,1H3/b14-12+. The van der Waals surface area contributed by atoms with E-state index in [9.17, 15) is 0 Å².